The minimum atomic E-state index is -0.188. The first-order valence-corrected chi connectivity index (χ1v) is 11.4. The SMILES string of the molecule is CCOC(=O)CCCOc1cc(C)c2nc(C)n(Cc3ccc(OCC)cc3Br)c2c1. The fourth-order valence-corrected chi connectivity index (χ4v) is 3.97. The monoisotopic (exact) mass is 488 g/mol. The molecule has 6 nitrogen and oxygen atoms in total. The number of aromatic nitrogens is 2. The summed E-state index contributed by atoms with van der Waals surface area (Å²) in [5, 5.41) is 0. The zero-order valence-corrected chi connectivity index (χ0v) is 20.1. The minimum Gasteiger partial charge on any atom is -0.494 e. The molecule has 0 aliphatic heterocycles. The lowest BCUT2D eigenvalue weighted by Gasteiger charge is -2.12. The average molecular weight is 489 g/mol. The van der Waals surface area contributed by atoms with E-state index in [-0.39, 0.29) is 5.97 Å². The maximum atomic E-state index is 11.5. The van der Waals surface area contributed by atoms with Crippen LogP contribution in [-0.2, 0) is 16.1 Å². The van der Waals surface area contributed by atoms with Gasteiger partial charge in [0, 0.05) is 17.0 Å². The van der Waals surface area contributed by atoms with Crippen molar-refractivity contribution in [2.45, 2.75) is 47.1 Å². The van der Waals surface area contributed by atoms with Crippen LogP contribution in [0.1, 0.15) is 43.6 Å². The second-order valence-corrected chi connectivity index (χ2v) is 8.15. The van der Waals surface area contributed by atoms with Crippen LogP contribution in [0.4, 0.5) is 0 Å². The normalized spacial score (nSPS) is 11.0. The van der Waals surface area contributed by atoms with Gasteiger partial charge in [-0.3, -0.25) is 4.79 Å². The Kier molecular flexibility index (Phi) is 7.96. The molecule has 0 N–H and O–H groups in total. The molecule has 3 rings (SSSR count). The van der Waals surface area contributed by atoms with Crippen molar-refractivity contribution >= 4 is 32.9 Å². The summed E-state index contributed by atoms with van der Waals surface area (Å²) in [7, 11) is 0. The number of aryl methyl sites for hydroxylation is 2. The van der Waals surface area contributed by atoms with Gasteiger partial charge in [-0.15, -0.1) is 0 Å². The van der Waals surface area contributed by atoms with Gasteiger partial charge >= 0.3 is 5.97 Å². The van der Waals surface area contributed by atoms with Crippen molar-refractivity contribution in [2.24, 2.45) is 0 Å². The van der Waals surface area contributed by atoms with E-state index >= 15 is 0 Å². The molecule has 1 aromatic heterocycles. The number of rotatable bonds is 10. The van der Waals surface area contributed by atoms with Crippen LogP contribution in [-0.4, -0.2) is 35.3 Å². The Bertz CT molecular complexity index is 1060. The van der Waals surface area contributed by atoms with Gasteiger partial charge in [-0.2, -0.15) is 0 Å². The van der Waals surface area contributed by atoms with Crippen molar-refractivity contribution in [3.8, 4) is 11.5 Å². The van der Waals surface area contributed by atoms with Crippen molar-refractivity contribution in [3.63, 3.8) is 0 Å². The number of esters is 1. The number of hydrogen-bond donors (Lipinski definition) is 0. The van der Waals surface area contributed by atoms with Crippen LogP contribution in [0.2, 0.25) is 0 Å². The second-order valence-electron chi connectivity index (χ2n) is 7.30. The largest absolute Gasteiger partial charge is 0.494 e. The second kappa shape index (κ2) is 10.7. The van der Waals surface area contributed by atoms with Gasteiger partial charge in [0.15, 0.2) is 0 Å². The molecule has 3 aromatic rings. The molecule has 0 fully saturated rings. The number of fused-ring (bicyclic) bond motifs is 1. The van der Waals surface area contributed by atoms with Gasteiger partial charge in [0.25, 0.3) is 0 Å². The molecule has 31 heavy (non-hydrogen) atoms. The minimum absolute atomic E-state index is 0.188. The molecule has 0 aliphatic rings. The third-order valence-corrected chi connectivity index (χ3v) is 5.71. The maximum Gasteiger partial charge on any atom is 0.305 e. The highest BCUT2D eigenvalue weighted by atomic mass is 79.9. The van der Waals surface area contributed by atoms with Crippen LogP contribution in [0.5, 0.6) is 11.5 Å². The van der Waals surface area contributed by atoms with Crippen molar-refractivity contribution in [1.29, 1.82) is 0 Å². The first kappa shape index (κ1) is 23.1. The third kappa shape index (κ3) is 5.79. The highest BCUT2D eigenvalue weighted by Gasteiger charge is 2.14. The van der Waals surface area contributed by atoms with Crippen LogP contribution < -0.4 is 9.47 Å². The topological polar surface area (TPSA) is 62.6 Å². The van der Waals surface area contributed by atoms with Crippen LogP contribution in [0.25, 0.3) is 11.0 Å². The standard InChI is InChI=1S/C24H29BrN2O4/c1-5-29-19-10-9-18(21(25)13-19)15-27-17(4)26-24-16(3)12-20(14-22(24)27)31-11-7-8-23(28)30-6-2/h9-10,12-14H,5-8,11,15H2,1-4H3. The van der Waals surface area contributed by atoms with Crippen molar-refractivity contribution < 1.29 is 19.0 Å². The Balaban J connectivity index is 1.79. The van der Waals surface area contributed by atoms with Gasteiger partial charge < -0.3 is 18.8 Å². The van der Waals surface area contributed by atoms with E-state index in [4.69, 9.17) is 19.2 Å². The van der Waals surface area contributed by atoms with Crippen LogP contribution >= 0.6 is 15.9 Å². The fraction of sp³-hybridized carbons (Fsp3) is 0.417. The van der Waals surface area contributed by atoms with Gasteiger partial charge in [-0.05, 0) is 63.4 Å². The highest BCUT2D eigenvalue weighted by Crippen LogP contribution is 2.29. The lowest BCUT2D eigenvalue weighted by molar-refractivity contribution is -0.143. The summed E-state index contributed by atoms with van der Waals surface area (Å²) >= 11 is 3.67. The van der Waals surface area contributed by atoms with E-state index in [1.165, 1.54) is 0 Å². The van der Waals surface area contributed by atoms with E-state index in [2.05, 4.69) is 26.6 Å². The quantitative estimate of drug-likeness (QED) is 0.275. The summed E-state index contributed by atoms with van der Waals surface area (Å²) in [6, 6.07) is 10.1. The third-order valence-electron chi connectivity index (χ3n) is 4.97. The number of imidazole rings is 1. The molecule has 0 atom stereocenters. The predicted molar refractivity (Wildman–Crippen MR) is 125 cm³/mol. The van der Waals surface area contributed by atoms with E-state index in [0.29, 0.717) is 39.2 Å². The number of nitrogens with zero attached hydrogens (tertiary/aromatic N) is 2. The van der Waals surface area contributed by atoms with E-state index in [9.17, 15) is 4.79 Å². The van der Waals surface area contributed by atoms with Gasteiger partial charge in [0.1, 0.15) is 17.3 Å². The van der Waals surface area contributed by atoms with Crippen LogP contribution in [0, 0.1) is 13.8 Å². The Morgan fingerprint density at radius 2 is 1.87 bits per heavy atom. The highest BCUT2D eigenvalue weighted by molar-refractivity contribution is 9.10. The molecule has 0 spiro atoms. The summed E-state index contributed by atoms with van der Waals surface area (Å²) in [5.41, 5.74) is 4.20. The smallest absolute Gasteiger partial charge is 0.305 e. The molecule has 0 bridgehead atoms. The van der Waals surface area contributed by atoms with E-state index < -0.39 is 0 Å². The summed E-state index contributed by atoms with van der Waals surface area (Å²) in [4.78, 5) is 16.3. The first-order chi connectivity index (χ1) is 14.9. The molecular weight excluding hydrogens is 460 g/mol. The number of carbonyl (C=O) groups is 1. The Labute approximate surface area is 191 Å². The molecule has 0 saturated carbocycles. The zero-order valence-electron chi connectivity index (χ0n) is 18.5. The number of halogens is 1. The number of benzene rings is 2. The fourth-order valence-electron chi connectivity index (χ4n) is 3.48. The molecule has 0 saturated heterocycles. The number of hydrogen-bond acceptors (Lipinski definition) is 5. The molecule has 2 aromatic carbocycles. The van der Waals surface area contributed by atoms with Gasteiger partial charge in [0.05, 0.1) is 37.4 Å². The molecule has 0 unspecified atom stereocenters. The molecule has 7 heteroatoms. The number of ether oxygens (including phenoxy) is 3. The lowest BCUT2D eigenvalue weighted by atomic mass is 10.1. The van der Waals surface area contributed by atoms with Gasteiger partial charge in [-0.1, -0.05) is 22.0 Å². The summed E-state index contributed by atoms with van der Waals surface area (Å²) in [6.45, 7) is 10.0. The molecule has 1 heterocycles. The molecule has 0 aliphatic carbocycles. The number of carbonyl (C=O) groups excluding carboxylic acids is 1. The van der Waals surface area contributed by atoms with Crippen molar-refractivity contribution in [3.05, 3.63) is 51.8 Å². The molecule has 0 radical (unpaired) electrons. The molecule has 166 valence electrons. The van der Waals surface area contributed by atoms with Crippen molar-refractivity contribution in [2.75, 3.05) is 19.8 Å². The zero-order chi connectivity index (χ0) is 22.4. The van der Waals surface area contributed by atoms with Crippen molar-refractivity contribution in [1.82, 2.24) is 9.55 Å². The first-order valence-electron chi connectivity index (χ1n) is 10.6. The van der Waals surface area contributed by atoms with Crippen LogP contribution in [0.3, 0.4) is 0 Å². The van der Waals surface area contributed by atoms with E-state index in [1.54, 1.807) is 0 Å². The average Bonchev–Trinajstić information content (AvgIpc) is 3.04. The predicted octanol–water partition coefficient (Wildman–Crippen LogP) is 5.58. The Morgan fingerprint density at radius 1 is 1.06 bits per heavy atom. The van der Waals surface area contributed by atoms with Crippen LogP contribution in [0.15, 0.2) is 34.8 Å². The van der Waals surface area contributed by atoms with E-state index in [1.807, 2.05) is 52.0 Å². The Hall–Kier alpha value is -2.54. The van der Waals surface area contributed by atoms with Gasteiger partial charge in [-0.25, -0.2) is 4.98 Å². The van der Waals surface area contributed by atoms with Gasteiger partial charge in [0.2, 0.25) is 0 Å². The summed E-state index contributed by atoms with van der Waals surface area (Å²) < 4.78 is 19.7. The maximum absolute atomic E-state index is 11.5. The van der Waals surface area contributed by atoms with E-state index in [0.717, 1.165) is 44.0 Å². The Morgan fingerprint density at radius 3 is 2.58 bits per heavy atom. The molecular formula is C24H29BrN2O4. The summed E-state index contributed by atoms with van der Waals surface area (Å²) in [5.74, 6) is 2.38. The molecule has 0 amide bonds. The summed E-state index contributed by atoms with van der Waals surface area (Å²) in [6.07, 6.45) is 0.977. The lowest BCUT2D eigenvalue weighted by Crippen LogP contribution is -2.07.